The Morgan fingerprint density at radius 2 is 1.38 bits per heavy atom. The third-order valence-electron chi connectivity index (χ3n) is 6.32. The van der Waals surface area contributed by atoms with Gasteiger partial charge in [-0.2, -0.15) is 0 Å². The van der Waals surface area contributed by atoms with Gasteiger partial charge in [0.25, 0.3) is 5.91 Å². The lowest BCUT2D eigenvalue weighted by atomic mass is 9.95. The maximum atomic E-state index is 13.1. The first-order valence-electron chi connectivity index (χ1n) is 13.8. The maximum absolute atomic E-state index is 13.1. The fourth-order valence-electron chi connectivity index (χ4n) is 4.46. The Morgan fingerprint density at radius 3 is 1.97 bits per heavy atom. The molecule has 10 nitrogen and oxygen atoms in total. The van der Waals surface area contributed by atoms with Gasteiger partial charge < -0.3 is 29.0 Å². The van der Waals surface area contributed by atoms with E-state index in [0.29, 0.717) is 12.2 Å². The number of nitrogens with one attached hydrogen (secondary N) is 1. The average molecular weight is 550 g/mol. The highest BCUT2D eigenvalue weighted by Gasteiger charge is 2.51. The molecule has 1 aromatic carbocycles. The zero-order valence-electron chi connectivity index (χ0n) is 23.5. The van der Waals surface area contributed by atoms with Crippen LogP contribution in [0.5, 0.6) is 0 Å². The van der Waals surface area contributed by atoms with Crippen LogP contribution in [0.15, 0.2) is 30.3 Å². The van der Waals surface area contributed by atoms with E-state index in [-0.39, 0.29) is 6.61 Å². The summed E-state index contributed by atoms with van der Waals surface area (Å²) in [4.78, 5) is 48.7. The summed E-state index contributed by atoms with van der Waals surface area (Å²) in [5.74, 6) is -2.30. The summed E-state index contributed by atoms with van der Waals surface area (Å²) < 4.78 is 28.4. The molecule has 0 radical (unpaired) electrons. The predicted octanol–water partition coefficient (Wildman–Crippen LogP) is 4.09. The van der Waals surface area contributed by atoms with Gasteiger partial charge in [-0.05, 0) is 18.6 Å². The van der Waals surface area contributed by atoms with Crippen molar-refractivity contribution in [1.82, 2.24) is 5.32 Å². The molecule has 10 heteroatoms. The third kappa shape index (κ3) is 11.7. The van der Waals surface area contributed by atoms with Crippen molar-refractivity contribution in [2.45, 2.75) is 110 Å². The maximum Gasteiger partial charge on any atom is 0.303 e. The van der Waals surface area contributed by atoms with E-state index >= 15 is 0 Å². The number of carbonyl (C=O) groups is 4. The Labute approximate surface area is 231 Å². The number of unbranched alkanes of at least 4 members (excludes halogenated alkanes) is 7. The van der Waals surface area contributed by atoms with Crippen LogP contribution >= 0.6 is 0 Å². The van der Waals surface area contributed by atoms with Gasteiger partial charge in [0.05, 0.1) is 0 Å². The first-order chi connectivity index (χ1) is 18.7. The Hall–Kier alpha value is -2.98. The van der Waals surface area contributed by atoms with E-state index in [1.54, 1.807) is 30.3 Å². The van der Waals surface area contributed by atoms with Gasteiger partial charge in [0.2, 0.25) is 0 Å². The van der Waals surface area contributed by atoms with Crippen molar-refractivity contribution in [3.63, 3.8) is 0 Å². The number of hydrogen-bond acceptors (Lipinski definition) is 9. The molecule has 0 aromatic heterocycles. The van der Waals surface area contributed by atoms with E-state index < -0.39 is 54.5 Å². The lowest BCUT2D eigenvalue weighted by Crippen LogP contribution is -2.66. The second-order valence-corrected chi connectivity index (χ2v) is 9.70. The second-order valence-electron chi connectivity index (χ2n) is 9.70. The Balaban J connectivity index is 2.21. The van der Waals surface area contributed by atoms with Gasteiger partial charge in [-0.1, -0.05) is 70.1 Å². The molecule has 0 bridgehead atoms. The predicted molar refractivity (Wildman–Crippen MR) is 143 cm³/mol. The van der Waals surface area contributed by atoms with Gasteiger partial charge in [-0.15, -0.1) is 0 Å². The molecule has 1 N–H and O–H groups in total. The van der Waals surface area contributed by atoms with Crippen LogP contribution in [0.4, 0.5) is 0 Å². The third-order valence-corrected chi connectivity index (χ3v) is 6.32. The second kappa shape index (κ2) is 17.6. The van der Waals surface area contributed by atoms with Crippen molar-refractivity contribution in [3.8, 4) is 0 Å². The number of hydrogen-bond donors (Lipinski definition) is 1. The Kier molecular flexibility index (Phi) is 14.5. The Morgan fingerprint density at radius 1 is 0.795 bits per heavy atom. The standard InChI is InChI=1S/C29H43NO9/c1-5-6-7-8-9-10-11-15-18-35-29-25(30-28(34)23-16-13-12-14-17-23)27(38-22(4)33)26(37-21(3)32)24(39-29)19-36-20(2)31/h12-14,16-17,24-27,29H,5-11,15,18-19H2,1-4H3,(H,30,34)/t24-,25-,26-,27-,29-/m1/s1. The highest BCUT2D eigenvalue weighted by molar-refractivity contribution is 5.94. The molecule has 0 saturated carbocycles. The first-order valence-corrected chi connectivity index (χ1v) is 13.8. The van der Waals surface area contributed by atoms with Gasteiger partial charge in [0.15, 0.2) is 18.5 Å². The smallest absolute Gasteiger partial charge is 0.303 e. The number of rotatable bonds is 16. The molecule has 2 rings (SSSR count). The number of ether oxygens (including phenoxy) is 5. The Bertz CT molecular complexity index is 907. The molecule has 0 spiro atoms. The van der Waals surface area contributed by atoms with E-state index in [9.17, 15) is 19.2 Å². The molecule has 1 aromatic rings. The molecular weight excluding hydrogens is 506 g/mol. The van der Waals surface area contributed by atoms with Crippen molar-refractivity contribution >= 4 is 23.8 Å². The minimum atomic E-state index is -1.16. The monoisotopic (exact) mass is 549 g/mol. The first kappa shape index (κ1) is 32.2. The SMILES string of the molecule is CCCCCCCCCCO[C@@H]1O[C@H](COC(C)=O)[C@@H](OC(C)=O)[C@H](OC(C)=O)[C@H]1NC(=O)c1ccccc1. The van der Waals surface area contributed by atoms with Crippen LogP contribution in [-0.4, -0.2) is 67.7 Å². The molecule has 1 aliphatic heterocycles. The highest BCUT2D eigenvalue weighted by atomic mass is 16.7. The van der Waals surface area contributed by atoms with Crippen molar-refractivity contribution < 1.29 is 42.9 Å². The summed E-state index contributed by atoms with van der Waals surface area (Å²) in [5.41, 5.74) is 0.381. The fourth-order valence-corrected chi connectivity index (χ4v) is 4.46. The molecule has 1 saturated heterocycles. The number of amides is 1. The summed E-state index contributed by atoms with van der Waals surface area (Å²) in [6.45, 7) is 5.93. The normalized spacial score (nSPS) is 22.5. The van der Waals surface area contributed by atoms with Gasteiger partial charge in [-0.3, -0.25) is 19.2 Å². The van der Waals surface area contributed by atoms with E-state index in [1.165, 1.54) is 52.9 Å². The minimum absolute atomic E-state index is 0.262. The topological polar surface area (TPSA) is 126 Å². The molecule has 5 atom stereocenters. The van der Waals surface area contributed by atoms with Crippen molar-refractivity contribution in [2.24, 2.45) is 0 Å². The highest BCUT2D eigenvalue weighted by Crippen LogP contribution is 2.28. The van der Waals surface area contributed by atoms with Crippen LogP contribution in [0.25, 0.3) is 0 Å². The van der Waals surface area contributed by atoms with Gasteiger partial charge in [-0.25, -0.2) is 0 Å². The quantitative estimate of drug-likeness (QED) is 0.184. The molecule has 1 aliphatic rings. The molecule has 0 aliphatic carbocycles. The summed E-state index contributed by atoms with van der Waals surface area (Å²) >= 11 is 0. The lowest BCUT2D eigenvalue weighted by Gasteiger charge is -2.45. The number of carbonyl (C=O) groups excluding carboxylic acids is 4. The molecule has 39 heavy (non-hydrogen) atoms. The lowest BCUT2D eigenvalue weighted by molar-refractivity contribution is -0.277. The number of esters is 3. The van der Waals surface area contributed by atoms with Crippen LogP contribution in [0.3, 0.4) is 0 Å². The van der Waals surface area contributed by atoms with Crippen molar-refractivity contribution in [3.05, 3.63) is 35.9 Å². The van der Waals surface area contributed by atoms with Gasteiger partial charge >= 0.3 is 17.9 Å². The fraction of sp³-hybridized carbons (Fsp3) is 0.655. The van der Waals surface area contributed by atoms with E-state index in [0.717, 1.165) is 19.3 Å². The van der Waals surface area contributed by atoms with E-state index in [2.05, 4.69) is 12.2 Å². The van der Waals surface area contributed by atoms with Crippen molar-refractivity contribution in [1.29, 1.82) is 0 Å². The zero-order valence-corrected chi connectivity index (χ0v) is 23.5. The molecular formula is C29H43NO9. The van der Waals surface area contributed by atoms with E-state index in [1.807, 2.05) is 0 Å². The summed E-state index contributed by atoms with van der Waals surface area (Å²) in [6, 6.07) is 7.51. The summed E-state index contributed by atoms with van der Waals surface area (Å²) in [5, 5.41) is 2.84. The zero-order chi connectivity index (χ0) is 28.6. The van der Waals surface area contributed by atoms with Crippen LogP contribution in [0.2, 0.25) is 0 Å². The molecule has 0 unspecified atom stereocenters. The van der Waals surface area contributed by atoms with Gasteiger partial charge in [0.1, 0.15) is 18.8 Å². The molecule has 1 fully saturated rings. The minimum Gasteiger partial charge on any atom is -0.463 e. The summed E-state index contributed by atoms with van der Waals surface area (Å²) in [7, 11) is 0. The molecule has 1 amide bonds. The van der Waals surface area contributed by atoms with Gasteiger partial charge in [0, 0.05) is 32.9 Å². The summed E-state index contributed by atoms with van der Waals surface area (Å²) in [6.07, 6.45) is 4.57. The largest absolute Gasteiger partial charge is 0.463 e. The van der Waals surface area contributed by atoms with Crippen LogP contribution in [-0.2, 0) is 38.1 Å². The van der Waals surface area contributed by atoms with E-state index in [4.69, 9.17) is 23.7 Å². The number of benzene rings is 1. The molecule has 218 valence electrons. The molecule has 1 heterocycles. The van der Waals surface area contributed by atoms with Crippen molar-refractivity contribution in [2.75, 3.05) is 13.2 Å². The van der Waals surface area contributed by atoms with Crippen LogP contribution in [0.1, 0.15) is 89.4 Å². The van der Waals surface area contributed by atoms with Crippen LogP contribution < -0.4 is 5.32 Å². The average Bonchev–Trinajstić information content (AvgIpc) is 2.89. The van der Waals surface area contributed by atoms with Crippen LogP contribution in [0, 0.1) is 0 Å².